The van der Waals surface area contributed by atoms with Crippen LogP contribution in [-0.2, 0) is 0 Å². The first-order chi connectivity index (χ1) is 5.83. The van der Waals surface area contributed by atoms with E-state index >= 15 is 0 Å². The van der Waals surface area contributed by atoms with E-state index in [0.29, 0.717) is 0 Å². The molecule has 12 heavy (non-hydrogen) atoms. The van der Waals surface area contributed by atoms with E-state index in [1.807, 2.05) is 0 Å². The van der Waals surface area contributed by atoms with Crippen molar-refractivity contribution in [3.05, 3.63) is 12.4 Å². The van der Waals surface area contributed by atoms with Crippen molar-refractivity contribution in [3.63, 3.8) is 0 Å². The predicted molar refractivity (Wildman–Crippen MR) is 51.7 cm³/mol. The number of nitrogens with zero attached hydrogens (tertiary/aromatic N) is 1. The van der Waals surface area contributed by atoms with E-state index in [0.717, 1.165) is 6.67 Å². The molecule has 1 unspecified atom stereocenters. The smallest absolute Gasteiger partial charge is 0.156 e. The van der Waals surface area contributed by atoms with Crippen molar-refractivity contribution in [2.75, 3.05) is 20.3 Å². The second-order valence-corrected chi connectivity index (χ2v) is 3.70. The lowest BCUT2D eigenvalue weighted by atomic mass is 10.2. The molecular weight excluding hydrogens is 148 g/mol. The molecule has 1 heterocycles. The normalized spacial score (nSPS) is 22.2. The standard InChI is InChI=1S/C10H20N2/c1-3-4-5-6-7-12-9-8-11(2)10-12/h8-9H,3-7,10H2,1-2H3/p+1. The highest BCUT2D eigenvalue weighted by Gasteiger charge is 2.11. The molecule has 0 fully saturated rings. The number of unbranched alkanes of at least 4 members (excludes halogenated alkanes) is 3. The highest BCUT2D eigenvalue weighted by atomic mass is 15.3. The Morgan fingerprint density at radius 3 is 2.75 bits per heavy atom. The third-order valence-electron chi connectivity index (χ3n) is 2.37. The lowest BCUT2D eigenvalue weighted by molar-refractivity contribution is -0.848. The summed E-state index contributed by atoms with van der Waals surface area (Å²) in [5.41, 5.74) is 0. The van der Waals surface area contributed by atoms with E-state index in [1.165, 1.54) is 32.2 Å². The molecule has 0 amide bonds. The van der Waals surface area contributed by atoms with E-state index in [4.69, 9.17) is 0 Å². The zero-order valence-corrected chi connectivity index (χ0v) is 8.34. The van der Waals surface area contributed by atoms with Gasteiger partial charge in [-0.25, -0.2) is 0 Å². The third kappa shape index (κ3) is 3.26. The maximum absolute atomic E-state index is 2.27. The minimum absolute atomic E-state index is 1.16. The average Bonchev–Trinajstić information content (AvgIpc) is 2.45. The van der Waals surface area contributed by atoms with Gasteiger partial charge in [0.15, 0.2) is 6.67 Å². The molecule has 70 valence electrons. The second-order valence-electron chi connectivity index (χ2n) is 3.70. The first-order valence-corrected chi connectivity index (χ1v) is 5.06. The van der Waals surface area contributed by atoms with Crippen molar-refractivity contribution in [2.24, 2.45) is 0 Å². The van der Waals surface area contributed by atoms with Crippen LogP contribution in [0.25, 0.3) is 0 Å². The molecule has 0 radical (unpaired) electrons. The topological polar surface area (TPSA) is 7.68 Å². The average molecular weight is 169 g/mol. The van der Waals surface area contributed by atoms with Crippen molar-refractivity contribution >= 4 is 0 Å². The van der Waals surface area contributed by atoms with Crippen LogP contribution in [-0.4, -0.2) is 25.2 Å². The molecule has 1 rings (SSSR count). The zero-order chi connectivity index (χ0) is 8.81. The molecule has 0 bridgehead atoms. The van der Waals surface area contributed by atoms with E-state index in [-0.39, 0.29) is 0 Å². The molecule has 1 aliphatic rings. The predicted octanol–water partition coefficient (Wildman–Crippen LogP) is 0.826. The number of hydrogen-bond acceptors (Lipinski definition) is 1. The van der Waals surface area contributed by atoms with E-state index in [9.17, 15) is 0 Å². The largest absolute Gasteiger partial charge is 0.329 e. The first-order valence-electron chi connectivity index (χ1n) is 5.06. The quantitative estimate of drug-likeness (QED) is 0.599. The van der Waals surface area contributed by atoms with Crippen LogP contribution in [0.5, 0.6) is 0 Å². The molecule has 2 nitrogen and oxygen atoms in total. The molecule has 1 N–H and O–H groups in total. The van der Waals surface area contributed by atoms with Crippen molar-refractivity contribution in [2.45, 2.75) is 32.6 Å². The number of quaternary nitrogens is 1. The Labute approximate surface area is 75.8 Å². The molecule has 0 aliphatic carbocycles. The van der Waals surface area contributed by atoms with Gasteiger partial charge in [-0.15, -0.1) is 0 Å². The Morgan fingerprint density at radius 1 is 1.33 bits per heavy atom. The van der Waals surface area contributed by atoms with Gasteiger partial charge in [0.1, 0.15) is 6.20 Å². The monoisotopic (exact) mass is 169 g/mol. The number of nitrogens with one attached hydrogen (secondary N) is 1. The second kappa shape index (κ2) is 5.20. The summed E-state index contributed by atoms with van der Waals surface area (Å²) in [5.74, 6) is 0. The fraction of sp³-hybridized carbons (Fsp3) is 0.800. The minimum atomic E-state index is 1.16. The molecule has 0 saturated heterocycles. The fourth-order valence-electron chi connectivity index (χ4n) is 1.60. The van der Waals surface area contributed by atoms with Gasteiger partial charge in [0.25, 0.3) is 0 Å². The van der Waals surface area contributed by atoms with Gasteiger partial charge in [0.05, 0.1) is 12.7 Å². The molecule has 0 saturated carbocycles. The van der Waals surface area contributed by atoms with Gasteiger partial charge in [0, 0.05) is 7.05 Å². The number of hydrogen-bond donors (Lipinski definition) is 1. The molecule has 0 aromatic heterocycles. The van der Waals surface area contributed by atoms with Crippen LogP contribution in [0.4, 0.5) is 0 Å². The molecule has 0 spiro atoms. The summed E-state index contributed by atoms with van der Waals surface area (Å²) < 4.78 is 0. The van der Waals surface area contributed by atoms with E-state index < -0.39 is 0 Å². The van der Waals surface area contributed by atoms with E-state index in [1.54, 1.807) is 4.90 Å². The fourth-order valence-corrected chi connectivity index (χ4v) is 1.60. The summed E-state index contributed by atoms with van der Waals surface area (Å²) in [6.07, 6.45) is 9.96. The summed E-state index contributed by atoms with van der Waals surface area (Å²) in [6.45, 7) is 4.73. The molecular formula is C10H21N2+. The summed E-state index contributed by atoms with van der Waals surface area (Å²) in [5, 5.41) is 0. The molecule has 0 aromatic carbocycles. The molecule has 0 aromatic rings. The Balaban J connectivity index is 1.98. The van der Waals surface area contributed by atoms with Crippen LogP contribution in [0.2, 0.25) is 0 Å². The SMILES string of the molecule is CCCCCC[NH+]1C=CN(C)C1. The van der Waals surface area contributed by atoms with Gasteiger partial charge in [-0.05, 0) is 12.8 Å². The number of rotatable bonds is 5. The van der Waals surface area contributed by atoms with Gasteiger partial charge in [0.2, 0.25) is 0 Å². The van der Waals surface area contributed by atoms with Crippen molar-refractivity contribution in [1.29, 1.82) is 0 Å². The van der Waals surface area contributed by atoms with Crippen LogP contribution in [0.15, 0.2) is 12.4 Å². The zero-order valence-electron chi connectivity index (χ0n) is 8.34. The van der Waals surface area contributed by atoms with Gasteiger partial charge < -0.3 is 4.90 Å². The highest BCUT2D eigenvalue weighted by Crippen LogP contribution is 1.96. The van der Waals surface area contributed by atoms with Crippen LogP contribution in [0.3, 0.4) is 0 Å². The Bertz CT molecular complexity index is 143. The van der Waals surface area contributed by atoms with Crippen molar-refractivity contribution in [1.82, 2.24) is 4.90 Å². The molecule has 1 atom stereocenters. The minimum Gasteiger partial charge on any atom is -0.329 e. The first kappa shape index (κ1) is 9.59. The maximum Gasteiger partial charge on any atom is 0.156 e. The van der Waals surface area contributed by atoms with E-state index in [2.05, 4.69) is 31.3 Å². The highest BCUT2D eigenvalue weighted by molar-refractivity contribution is 4.74. The van der Waals surface area contributed by atoms with Gasteiger partial charge >= 0.3 is 0 Å². The summed E-state index contributed by atoms with van der Waals surface area (Å²) in [7, 11) is 2.13. The summed E-state index contributed by atoms with van der Waals surface area (Å²) in [6, 6.07) is 0. The van der Waals surface area contributed by atoms with Crippen molar-refractivity contribution < 1.29 is 4.90 Å². The molecule has 2 heteroatoms. The lowest BCUT2D eigenvalue weighted by Gasteiger charge is -2.12. The summed E-state index contributed by atoms with van der Waals surface area (Å²) in [4.78, 5) is 3.85. The lowest BCUT2D eigenvalue weighted by Crippen LogP contribution is -3.07. The third-order valence-corrected chi connectivity index (χ3v) is 2.37. The Kier molecular flexibility index (Phi) is 4.15. The van der Waals surface area contributed by atoms with Crippen molar-refractivity contribution in [3.8, 4) is 0 Å². The van der Waals surface area contributed by atoms with Crippen LogP contribution in [0.1, 0.15) is 32.6 Å². The van der Waals surface area contributed by atoms with Crippen LogP contribution < -0.4 is 4.90 Å². The van der Waals surface area contributed by atoms with Gasteiger partial charge in [-0.1, -0.05) is 19.8 Å². The Hall–Kier alpha value is -0.500. The van der Waals surface area contributed by atoms with Gasteiger partial charge in [-0.2, -0.15) is 0 Å². The summed E-state index contributed by atoms with van der Waals surface area (Å²) >= 11 is 0. The molecule has 1 aliphatic heterocycles. The van der Waals surface area contributed by atoms with Crippen LogP contribution in [0, 0.1) is 0 Å². The maximum atomic E-state index is 2.27. The van der Waals surface area contributed by atoms with Crippen LogP contribution >= 0.6 is 0 Å². The Morgan fingerprint density at radius 2 is 2.17 bits per heavy atom. The van der Waals surface area contributed by atoms with Gasteiger partial charge in [-0.3, -0.25) is 4.90 Å².